The van der Waals surface area contributed by atoms with Crippen molar-refractivity contribution in [2.75, 3.05) is 0 Å². The summed E-state index contributed by atoms with van der Waals surface area (Å²) in [5, 5.41) is 9.30. The van der Waals surface area contributed by atoms with Gasteiger partial charge in [-0.05, 0) is 12.1 Å². The Balaban J connectivity index is 0.000000180. The third kappa shape index (κ3) is 5.55. The fraction of sp³-hybridized carbons (Fsp3) is 0.200. The Labute approximate surface area is 119 Å². The van der Waals surface area contributed by atoms with Crippen LogP contribution in [-0.4, -0.2) is 25.0 Å². The van der Waals surface area contributed by atoms with Gasteiger partial charge in [0.05, 0.1) is 23.9 Å². The smallest absolute Gasteiger partial charge is 0.132 e. The average molecular weight is 308 g/mol. The quantitative estimate of drug-likeness (QED) is 0.682. The third-order valence-electron chi connectivity index (χ3n) is 1.68. The van der Waals surface area contributed by atoms with E-state index in [0.29, 0.717) is 21.9 Å². The van der Waals surface area contributed by atoms with E-state index in [1.165, 1.54) is 18.7 Å². The van der Waals surface area contributed by atoms with Crippen molar-refractivity contribution in [1.82, 2.24) is 19.9 Å². The number of hydrogen-bond acceptors (Lipinski definition) is 5. The fourth-order valence-corrected chi connectivity index (χ4v) is 1.39. The molecule has 18 heavy (non-hydrogen) atoms. The summed E-state index contributed by atoms with van der Waals surface area (Å²) in [6, 6.07) is 3.15. The Morgan fingerprint density at radius 1 is 0.889 bits per heavy atom. The lowest BCUT2D eigenvalue weighted by atomic mass is 10.4. The van der Waals surface area contributed by atoms with Crippen molar-refractivity contribution >= 4 is 34.8 Å². The lowest BCUT2D eigenvalue weighted by molar-refractivity contribution is 0.276. The van der Waals surface area contributed by atoms with Crippen molar-refractivity contribution in [2.24, 2.45) is 0 Å². The highest BCUT2D eigenvalue weighted by atomic mass is 35.5. The average Bonchev–Trinajstić information content (AvgIpc) is 2.39. The Morgan fingerprint density at radius 2 is 1.39 bits per heavy atom. The SMILES string of the molecule is ClCc1cc(Cl)ncn1.OCc1cc(Cl)ncn1. The molecule has 2 aromatic rings. The molecule has 0 unspecified atom stereocenters. The molecule has 0 fully saturated rings. The van der Waals surface area contributed by atoms with Crippen LogP contribution in [0.1, 0.15) is 11.4 Å². The van der Waals surface area contributed by atoms with Crippen LogP contribution >= 0.6 is 34.8 Å². The first kappa shape index (κ1) is 15.0. The molecule has 1 N–H and O–H groups in total. The first-order valence-corrected chi connectivity index (χ1v) is 6.04. The number of rotatable bonds is 2. The number of hydrogen-bond donors (Lipinski definition) is 1. The molecule has 0 bridgehead atoms. The van der Waals surface area contributed by atoms with Crippen molar-refractivity contribution in [2.45, 2.75) is 12.5 Å². The molecular formula is C10H9Cl3N4O. The second-order valence-corrected chi connectivity index (χ2v) is 4.00. The molecule has 2 aromatic heterocycles. The predicted octanol–water partition coefficient (Wildman–Crippen LogP) is 2.49. The van der Waals surface area contributed by atoms with Crippen molar-refractivity contribution in [1.29, 1.82) is 0 Å². The van der Waals surface area contributed by atoms with Crippen molar-refractivity contribution in [3.05, 3.63) is 46.5 Å². The monoisotopic (exact) mass is 306 g/mol. The van der Waals surface area contributed by atoms with Crippen LogP contribution in [0.25, 0.3) is 0 Å². The summed E-state index contributed by atoms with van der Waals surface area (Å²) in [5.41, 5.74) is 1.28. The van der Waals surface area contributed by atoms with E-state index in [9.17, 15) is 0 Å². The highest BCUT2D eigenvalue weighted by Crippen LogP contribution is 2.05. The molecule has 0 aliphatic carbocycles. The molecule has 0 radical (unpaired) electrons. The zero-order valence-electron chi connectivity index (χ0n) is 9.09. The third-order valence-corrected chi connectivity index (χ3v) is 2.37. The summed E-state index contributed by atoms with van der Waals surface area (Å²) >= 11 is 16.4. The number of aliphatic hydroxyl groups is 1. The van der Waals surface area contributed by atoms with Crippen LogP contribution in [0.4, 0.5) is 0 Å². The topological polar surface area (TPSA) is 71.8 Å². The van der Waals surface area contributed by atoms with Crippen LogP contribution in [0.3, 0.4) is 0 Å². The van der Waals surface area contributed by atoms with E-state index in [1.807, 2.05) is 0 Å². The molecule has 0 amide bonds. The largest absolute Gasteiger partial charge is 0.390 e. The van der Waals surface area contributed by atoms with E-state index in [4.69, 9.17) is 39.9 Å². The summed E-state index contributed by atoms with van der Waals surface area (Å²) < 4.78 is 0. The molecule has 0 atom stereocenters. The molecular weight excluding hydrogens is 298 g/mol. The summed E-state index contributed by atoms with van der Waals surface area (Å²) in [5.74, 6) is 0.377. The van der Waals surface area contributed by atoms with Gasteiger partial charge in [-0.1, -0.05) is 23.2 Å². The van der Waals surface area contributed by atoms with E-state index in [1.54, 1.807) is 6.07 Å². The van der Waals surface area contributed by atoms with E-state index in [0.717, 1.165) is 5.69 Å². The molecule has 96 valence electrons. The Bertz CT molecular complexity index is 453. The fourth-order valence-electron chi connectivity index (χ4n) is 0.900. The van der Waals surface area contributed by atoms with Crippen molar-refractivity contribution < 1.29 is 5.11 Å². The molecule has 2 rings (SSSR count). The molecule has 8 heteroatoms. The minimum absolute atomic E-state index is 0.0950. The van der Waals surface area contributed by atoms with E-state index < -0.39 is 0 Å². The molecule has 0 aromatic carbocycles. The van der Waals surface area contributed by atoms with Gasteiger partial charge in [-0.25, -0.2) is 19.9 Å². The number of halogens is 3. The van der Waals surface area contributed by atoms with E-state index in [2.05, 4.69) is 19.9 Å². The molecule has 0 saturated heterocycles. The van der Waals surface area contributed by atoms with Gasteiger partial charge in [0.1, 0.15) is 23.0 Å². The summed E-state index contributed by atoms with van der Waals surface area (Å²) in [6.45, 7) is -0.0950. The highest BCUT2D eigenvalue weighted by Gasteiger charge is 1.92. The molecule has 5 nitrogen and oxygen atoms in total. The van der Waals surface area contributed by atoms with Gasteiger partial charge in [-0.2, -0.15) is 0 Å². The van der Waals surface area contributed by atoms with Gasteiger partial charge in [0.15, 0.2) is 0 Å². The van der Waals surface area contributed by atoms with Gasteiger partial charge in [-0.15, -0.1) is 11.6 Å². The normalized spacial score (nSPS) is 9.56. The number of aromatic nitrogens is 4. The second-order valence-electron chi connectivity index (χ2n) is 2.96. The molecule has 0 aliphatic heterocycles. The van der Waals surface area contributed by atoms with Crippen molar-refractivity contribution in [3.8, 4) is 0 Å². The van der Waals surface area contributed by atoms with Gasteiger partial charge in [0.2, 0.25) is 0 Å². The van der Waals surface area contributed by atoms with Crippen LogP contribution in [0.5, 0.6) is 0 Å². The standard InChI is InChI=1S/C5H4Cl2N2.C5H5ClN2O/c6-2-4-1-5(7)9-3-8-4;6-5-1-4(2-9)7-3-8-5/h1,3H,2H2;1,3,9H,2H2. The maximum absolute atomic E-state index is 8.51. The van der Waals surface area contributed by atoms with E-state index in [-0.39, 0.29) is 6.61 Å². The van der Waals surface area contributed by atoms with Crippen LogP contribution in [0.2, 0.25) is 10.3 Å². The summed E-state index contributed by atoms with van der Waals surface area (Å²) in [4.78, 5) is 14.9. The number of nitrogens with zero attached hydrogens (tertiary/aromatic N) is 4. The van der Waals surface area contributed by atoms with Crippen LogP contribution in [-0.2, 0) is 12.5 Å². The number of alkyl halides is 1. The van der Waals surface area contributed by atoms with Gasteiger partial charge in [-0.3, -0.25) is 0 Å². The Hall–Kier alpha value is -1.01. The summed E-state index contributed by atoms with van der Waals surface area (Å²) in [7, 11) is 0. The molecule has 0 spiro atoms. The molecule has 0 aliphatic rings. The maximum Gasteiger partial charge on any atom is 0.132 e. The van der Waals surface area contributed by atoms with Crippen LogP contribution in [0.15, 0.2) is 24.8 Å². The van der Waals surface area contributed by atoms with Crippen molar-refractivity contribution in [3.63, 3.8) is 0 Å². The highest BCUT2D eigenvalue weighted by molar-refractivity contribution is 6.29. The zero-order valence-corrected chi connectivity index (χ0v) is 11.4. The molecule has 0 saturated carbocycles. The van der Waals surface area contributed by atoms with Gasteiger partial charge >= 0.3 is 0 Å². The first-order chi connectivity index (χ1) is 8.65. The van der Waals surface area contributed by atoms with Gasteiger partial charge < -0.3 is 5.11 Å². The van der Waals surface area contributed by atoms with Crippen LogP contribution in [0, 0.1) is 0 Å². The predicted molar refractivity (Wildman–Crippen MR) is 69.6 cm³/mol. The number of aliphatic hydroxyl groups excluding tert-OH is 1. The maximum atomic E-state index is 8.51. The Kier molecular flexibility index (Phi) is 6.82. The minimum atomic E-state index is -0.0950. The lowest BCUT2D eigenvalue weighted by Crippen LogP contribution is -1.88. The van der Waals surface area contributed by atoms with E-state index >= 15 is 0 Å². The van der Waals surface area contributed by atoms with Gasteiger partial charge in [0.25, 0.3) is 0 Å². The zero-order chi connectivity index (χ0) is 13.4. The lowest BCUT2D eigenvalue weighted by Gasteiger charge is -1.91. The summed E-state index contributed by atoms with van der Waals surface area (Å²) in [6.07, 6.45) is 2.70. The Morgan fingerprint density at radius 3 is 1.72 bits per heavy atom. The second kappa shape index (κ2) is 8.16. The minimum Gasteiger partial charge on any atom is -0.390 e. The van der Waals surface area contributed by atoms with Crippen LogP contribution < -0.4 is 0 Å². The van der Waals surface area contributed by atoms with Gasteiger partial charge in [0, 0.05) is 0 Å². The first-order valence-electron chi connectivity index (χ1n) is 4.75. The molecule has 2 heterocycles.